The lowest BCUT2D eigenvalue weighted by molar-refractivity contribution is -0.274. The molecular formula is C18H20F3NO6. The van der Waals surface area contributed by atoms with Crippen molar-refractivity contribution in [3.05, 3.63) is 29.8 Å². The number of benzene rings is 1. The molecule has 1 saturated heterocycles. The van der Waals surface area contributed by atoms with E-state index in [1.54, 1.807) is 6.92 Å². The van der Waals surface area contributed by atoms with Gasteiger partial charge in [0, 0.05) is 13.1 Å². The van der Waals surface area contributed by atoms with Gasteiger partial charge in [-0.05, 0) is 44.0 Å². The molecule has 0 bridgehead atoms. The highest BCUT2D eigenvalue weighted by molar-refractivity contribution is 5.91. The molecule has 1 amide bonds. The largest absolute Gasteiger partial charge is 0.573 e. The number of carbonyl (C=O) groups is 3. The third kappa shape index (κ3) is 6.43. The fourth-order valence-electron chi connectivity index (χ4n) is 2.72. The van der Waals surface area contributed by atoms with Gasteiger partial charge >= 0.3 is 18.3 Å². The van der Waals surface area contributed by atoms with Crippen molar-refractivity contribution in [3.8, 4) is 5.75 Å². The van der Waals surface area contributed by atoms with Gasteiger partial charge in [0.05, 0.1) is 18.1 Å². The van der Waals surface area contributed by atoms with Gasteiger partial charge in [0.2, 0.25) is 0 Å². The molecule has 1 fully saturated rings. The lowest BCUT2D eigenvalue weighted by atomic mass is 9.97. The van der Waals surface area contributed by atoms with Crippen LogP contribution in [0.5, 0.6) is 5.75 Å². The van der Waals surface area contributed by atoms with E-state index in [0.717, 1.165) is 24.3 Å². The van der Waals surface area contributed by atoms with Crippen LogP contribution in [0.3, 0.4) is 0 Å². The Kier molecular flexibility index (Phi) is 7.24. The van der Waals surface area contributed by atoms with Crippen molar-refractivity contribution in [2.45, 2.75) is 26.1 Å². The zero-order valence-electron chi connectivity index (χ0n) is 15.2. The number of ether oxygens (including phenoxy) is 3. The first-order chi connectivity index (χ1) is 13.2. The Morgan fingerprint density at radius 3 is 2.21 bits per heavy atom. The average Bonchev–Trinajstić information content (AvgIpc) is 2.65. The number of esters is 2. The zero-order chi connectivity index (χ0) is 20.7. The number of carbonyl (C=O) groups excluding carboxylic acids is 3. The van der Waals surface area contributed by atoms with Crippen LogP contribution in [0, 0.1) is 5.92 Å². The van der Waals surface area contributed by atoms with Crippen molar-refractivity contribution >= 4 is 17.8 Å². The lowest BCUT2D eigenvalue weighted by Gasteiger charge is -2.30. The minimum absolute atomic E-state index is 0.0108. The van der Waals surface area contributed by atoms with Crippen LogP contribution >= 0.6 is 0 Å². The van der Waals surface area contributed by atoms with Crippen LogP contribution in [0.4, 0.5) is 13.2 Å². The van der Waals surface area contributed by atoms with Crippen LogP contribution in [0.2, 0.25) is 0 Å². The minimum atomic E-state index is -4.82. The van der Waals surface area contributed by atoms with Gasteiger partial charge in [0.25, 0.3) is 5.91 Å². The van der Waals surface area contributed by atoms with Crippen LogP contribution in [0.1, 0.15) is 30.1 Å². The highest BCUT2D eigenvalue weighted by atomic mass is 19.4. The van der Waals surface area contributed by atoms with Crippen molar-refractivity contribution in [1.82, 2.24) is 4.90 Å². The number of halogens is 3. The predicted octanol–water partition coefficient (Wildman–Crippen LogP) is 2.54. The smallest absolute Gasteiger partial charge is 0.466 e. The van der Waals surface area contributed by atoms with E-state index in [1.807, 2.05) is 0 Å². The highest BCUT2D eigenvalue weighted by Gasteiger charge is 2.31. The maximum Gasteiger partial charge on any atom is 0.573 e. The molecule has 0 unspecified atom stereocenters. The molecule has 0 spiro atoms. The molecular weight excluding hydrogens is 383 g/mol. The van der Waals surface area contributed by atoms with Gasteiger partial charge in [0.1, 0.15) is 5.75 Å². The predicted molar refractivity (Wildman–Crippen MR) is 89.3 cm³/mol. The first kappa shape index (κ1) is 21.5. The first-order valence-corrected chi connectivity index (χ1v) is 8.67. The normalized spacial score (nSPS) is 15.1. The summed E-state index contributed by atoms with van der Waals surface area (Å²) in [5.41, 5.74) is -0.0108. The van der Waals surface area contributed by atoms with Crippen molar-refractivity contribution in [3.63, 3.8) is 0 Å². The standard InChI is InChI=1S/C18H20F3NO6/c1-2-26-16(24)13-7-9-22(10-8-13)15(23)11-27-17(25)12-3-5-14(6-4-12)28-18(19,20)21/h3-6,13H,2,7-11H2,1H3. The van der Waals surface area contributed by atoms with E-state index in [-0.39, 0.29) is 17.5 Å². The molecule has 1 aromatic rings. The maximum absolute atomic E-state index is 12.1. The van der Waals surface area contributed by atoms with E-state index in [4.69, 9.17) is 9.47 Å². The van der Waals surface area contributed by atoms with Gasteiger partial charge < -0.3 is 19.1 Å². The summed E-state index contributed by atoms with van der Waals surface area (Å²) in [6, 6.07) is 4.18. The summed E-state index contributed by atoms with van der Waals surface area (Å²) in [6.07, 6.45) is -3.88. The molecule has 1 heterocycles. The number of rotatable bonds is 6. The number of hydrogen-bond acceptors (Lipinski definition) is 6. The molecule has 0 saturated carbocycles. The number of hydrogen-bond donors (Lipinski definition) is 0. The Bertz CT molecular complexity index is 696. The number of likely N-dealkylation sites (tertiary alicyclic amines) is 1. The van der Waals surface area contributed by atoms with Crippen LogP contribution < -0.4 is 4.74 Å². The topological polar surface area (TPSA) is 82.1 Å². The highest BCUT2D eigenvalue weighted by Crippen LogP contribution is 2.23. The van der Waals surface area contributed by atoms with Gasteiger partial charge in [0.15, 0.2) is 6.61 Å². The van der Waals surface area contributed by atoms with E-state index >= 15 is 0 Å². The van der Waals surface area contributed by atoms with Gasteiger partial charge in [-0.2, -0.15) is 0 Å². The van der Waals surface area contributed by atoms with Gasteiger partial charge in [-0.25, -0.2) is 4.79 Å². The van der Waals surface area contributed by atoms with Gasteiger partial charge in [-0.1, -0.05) is 0 Å². The molecule has 0 atom stereocenters. The Morgan fingerprint density at radius 2 is 1.68 bits per heavy atom. The molecule has 28 heavy (non-hydrogen) atoms. The van der Waals surface area contributed by atoms with E-state index < -0.39 is 30.6 Å². The SMILES string of the molecule is CCOC(=O)C1CCN(C(=O)COC(=O)c2ccc(OC(F)(F)F)cc2)CC1. The fraction of sp³-hybridized carbons (Fsp3) is 0.500. The monoisotopic (exact) mass is 403 g/mol. The molecule has 0 aromatic heterocycles. The number of nitrogens with zero attached hydrogens (tertiary/aromatic N) is 1. The third-order valence-corrected chi connectivity index (χ3v) is 4.12. The molecule has 0 aliphatic carbocycles. The van der Waals surface area contributed by atoms with Crippen molar-refractivity contribution in [2.75, 3.05) is 26.3 Å². The molecule has 10 heteroatoms. The van der Waals surface area contributed by atoms with Crippen LogP contribution in [0.25, 0.3) is 0 Å². The van der Waals surface area contributed by atoms with Crippen LogP contribution in [0.15, 0.2) is 24.3 Å². The number of piperidine rings is 1. The summed E-state index contributed by atoms with van der Waals surface area (Å²) in [4.78, 5) is 37.2. The average molecular weight is 403 g/mol. The number of alkyl halides is 3. The van der Waals surface area contributed by atoms with Crippen LogP contribution in [-0.2, 0) is 19.1 Å². The Morgan fingerprint density at radius 1 is 1.07 bits per heavy atom. The third-order valence-electron chi connectivity index (χ3n) is 4.12. The van der Waals surface area contributed by atoms with E-state index in [2.05, 4.69) is 4.74 Å². The summed E-state index contributed by atoms with van der Waals surface area (Å²) in [6.45, 7) is 2.23. The summed E-state index contributed by atoms with van der Waals surface area (Å²) in [7, 11) is 0. The summed E-state index contributed by atoms with van der Waals surface area (Å²) in [5.74, 6) is -2.24. The molecule has 2 rings (SSSR count). The van der Waals surface area contributed by atoms with E-state index in [1.165, 1.54) is 4.90 Å². The number of amides is 1. The van der Waals surface area contributed by atoms with Gasteiger partial charge in [-0.15, -0.1) is 13.2 Å². The maximum atomic E-state index is 12.1. The van der Waals surface area contributed by atoms with Crippen molar-refractivity contribution < 1.29 is 41.8 Å². The quantitative estimate of drug-likeness (QED) is 0.679. The second-order valence-electron chi connectivity index (χ2n) is 6.06. The Hall–Kier alpha value is -2.78. The van der Waals surface area contributed by atoms with E-state index in [0.29, 0.717) is 32.5 Å². The molecule has 154 valence electrons. The van der Waals surface area contributed by atoms with Crippen molar-refractivity contribution in [2.24, 2.45) is 5.92 Å². The summed E-state index contributed by atoms with van der Waals surface area (Å²) in [5, 5.41) is 0. The molecule has 1 aliphatic rings. The van der Waals surface area contributed by atoms with Gasteiger partial charge in [-0.3, -0.25) is 9.59 Å². The fourth-order valence-corrected chi connectivity index (χ4v) is 2.72. The first-order valence-electron chi connectivity index (χ1n) is 8.67. The summed E-state index contributed by atoms with van der Waals surface area (Å²) >= 11 is 0. The lowest BCUT2D eigenvalue weighted by Crippen LogP contribution is -2.42. The molecule has 1 aromatic carbocycles. The Balaban J connectivity index is 1.78. The van der Waals surface area contributed by atoms with Crippen LogP contribution in [-0.4, -0.2) is 55.4 Å². The molecule has 0 radical (unpaired) electrons. The molecule has 1 aliphatic heterocycles. The molecule has 0 N–H and O–H groups in total. The van der Waals surface area contributed by atoms with Crippen molar-refractivity contribution in [1.29, 1.82) is 0 Å². The summed E-state index contributed by atoms with van der Waals surface area (Å²) < 4.78 is 49.9. The second kappa shape index (κ2) is 9.43. The zero-order valence-corrected chi connectivity index (χ0v) is 15.2. The second-order valence-corrected chi connectivity index (χ2v) is 6.06. The minimum Gasteiger partial charge on any atom is -0.466 e. The van der Waals surface area contributed by atoms with E-state index in [9.17, 15) is 27.6 Å². The Labute approximate surface area is 159 Å². The molecule has 7 nitrogen and oxygen atoms in total.